The van der Waals surface area contributed by atoms with Crippen LogP contribution in [0.5, 0.6) is 0 Å². The molecule has 6 nitrogen and oxygen atoms in total. The summed E-state index contributed by atoms with van der Waals surface area (Å²) in [7, 11) is 0. The van der Waals surface area contributed by atoms with Crippen molar-refractivity contribution in [1.82, 2.24) is 0 Å². The van der Waals surface area contributed by atoms with Crippen molar-refractivity contribution in [2.45, 2.75) is 0 Å². The van der Waals surface area contributed by atoms with E-state index in [0.29, 0.717) is 5.56 Å². The summed E-state index contributed by atoms with van der Waals surface area (Å²) in [6, 6.07) is 17.5. The molecule has 0 saturated heterocycles. The van der Waals surface area contributed by atoms with Crippen LogP contribution in [0.25, 0.3) is 0 Å². The van der Waals surface area contributed by atoms with Gasteiger partial charge in [0.15, 0.2) is 18.2 Å². The normalized spacial score (nSPS) is 10.2. The van der Waals surface area contributed by atoms with E-state index >= 15 is 0 Å². The van der Waals surface area contributed by atoms with Gasteiger partial charge in [-0.3, -0.25) is 9.59 Å². The molecule has 30 heavy (non-hydrogen) atoms. The number of hydrogen-bond acceptors (Lipinski definition) is 4. The van der Waals surface area contributed by atoms with Gasteiger partial charge in [0.05, 0.1) is 11.3 Å². The zero-order valence-electron chi connectivity index (χ0n) is 15.5. The number of ether oxygens (including phenoxy) is 1. The minimum absolute atomic E-state index is 0.0190. The molecule has 2 amide bonds. The monoisotopic (exact) mass is 410 g/mol. The second-order valence-corrected chi connectivity index (χ2v) is 6.12. The molecule has 2 N–H and O–H groups in total. The van der Waals surface area contributed by atoms with Crippen molar-refractivity contribution in [3.8, 4) is 0 Å². The van der Waals surface area contributed by atoms with Gasteiger partial charge in [0.2, 0.25) is 0 Å². The highest BCUT2D eigenvalue weighted by atomic mass is 19.2. The van der Waals surface area contributed by atoms with Gasteiger partial charge in [-0.15, -0.1) is 0 Å². The Hall–Kier alpha value is -4.07. The Morgan fingerprint density at radius 1 is 0.800 bits per heavy atom. The molecular weight excluding hydrogens is 394 g/mol. The van der Waals surface area contributed by atoms with Crippen LogP contribution in [-0.2, 0) is 9.53 Å². The molecule has 0 aromatic heterocycles. The van der Waals surface area contributed by atoms with Crippen molar-refractivity contribution in [2.75, 3.05) is 17.2 Å². The van der Waals surface area contributed by atoms with E-state index in [1.165, 1.54) is 18.2 Å². The lowest BCUT2D eigenvalue weighted by Crippen LogP contribution is -2.22. The first-order chi connectivity index (χ1) is 14.4. The molecule has 0 heterocycles. The highest BCUT2D eigenvalue weighted by Gasteiger charge is 2.17. The number of benzene rings is 3. The maximum absolute atomic E-state index is 13.2. The van der Waals surface area contributed by atoms with Gasteiger partial charge in [-0.1, -0.05) is 30.3 Å². The minimum Gasteiger partial charge on any atom is -0.452 e. The van der Waals surface area contributed by atoms with Crippen molar-refractivity contribution < 1.29 is 27.9 Å². The van der Waals surface area contributed by atoms with E-state index in [1.54, 1.807) is 42.5 Å². The summed E-state index contributed by atoms with van der Waals surface area (Å²) >= 11 is 0. The molecule has 0 aliphatic heterocycles. The predicted molar refractivity (Wildman–Crippen MR) is 106 cm³/mol. The fourth-order valence-electron chi connectivity index (χ4n) is 2.53. The van der Waals surface area contributed by atoms with Crippen LogP contribution in [0.2, 0.25) is 0 Å². The van der Waals surface area contributed by atoms with E-state index in [-0.39, 0.29) is 16.9 Å². The van der Waals surface area contributed by atoms with Crippen LogP contribution in [-0.4, -0.2) is 24.4 Å². The summed E-state index contributed by atoms with van der Waals surface area (Å²) in [6.45, 7) is -0.654. The van der Waals surface area contributed by atoms with Gasteiger partial charge in [0.1, 0.15) is 0 Å². The van der Waals surface area contributed by atoms with Crippen LogP contribution in [0.1, 0.15) is 20.7 Å². The van der Waals surface area contributed by atoms with Crippen molar-refractivity contribution in [3.05, 3.63) is 95.6 Å². The summed E-state index contributed by atoms with van der Waals surface area (Å²) in [5.74, 6) is -4.15. The number of hydrogen-bond donors (Lipinski definition) is 2. The second kappa shape index (κ2) is 9.42. The fourth-order valence-corrected chi connectivity index (χ4v) is 2.53. The zero-order chi connectivity index (χ0) is 21.5. The van der Waals surface area contributed by atoms with Crippen molar-refractivity contribution in [1.29, 1.82) is 0 Å². The molecule has 152 valence electrons. The molecule has 0 spiro atoms. The summed E-state index contributed by atoms with van der Waals surface area (Å²) in [5.41, 5.74) is 0.705. The third kappa shape index (κ3) is 5.26. The number of halogens is 2. The van der Waals surface area contributed by atoms with Gasteiger partial charge in [-0.25, -0.2) is 13.6 Å². The maximum atomic E-state index is 13.2. The lowest BCUT2D eigenvalue weighted by atomic mass is 10.1. The van der Waals surface area contributed by atoms with Gasteiger partial charge in [0, 0.05) is 17.3 Å². The Kier molecular flexibility index (Phi) is 6.49. The van der Waals surface area contributed by atoms with Gasteiger partial charge >= 0.3 is 5.97 Å². The lowest BCUT2D eigenvalue weighted by Gasteiger charge is -2.11. The molecule has 3 aromatic rings. The number of carbonyl (C=O) groups excluding carboxylic acids is 3. The number of amides is 2. The molecule has 8 heteroatoms. The highest BCUT2D eigenvalue weighted by molar-refractivity contribution is 6.08. The summed E-state index contributed by atoms with van der Waals surface area (Å²) < 4.78 is 31.1. The third-order valence-electron chi connectivity index (χ3n) is 3.97. The number of esters is 1. The zero-order valence-corrected chi connectivity index (χ0v) is 15.5. The average molecular weight is 410 g/mol. The van der Waals surface area contributed by atoms with Crippen LogP contribution in [0.3, 0.4) is 0 Å². The highest BCUT2D eigenvalue weighted by Crippen LogP contribution is 2.18. The predicted octanol–water partition coefficient (Wildman–Crippen LogP) is 4.01. The number of nitrogens with one attached hydrogen (secondary N) is 2. The third-order valence-corrected chi connectivity index (χ3v) is 3.97. The Morgan fingerprint density at radius 2 is 1.50 bits per heavy atom. The van der Waals surface area contributed by atoms with Crippen LogP contribution < -0.4 is 10.6 Å². The van der Waals surface area contributed by atoms with Gasteiger partial charge in [-0.2, -0.15) is 0 Å². The van der Waals surface area contributed by atoms with E-state index in [9.17, 15) is 23.2 Å². The molecule has 0 aliphatic carbocycles. The van der Waals surface area contributed by atoms with Crippen molar-refractivity contribution >= 4 is 29.2 Å². The van der Waals surface area contributed by atoms with E-state index in [0.717, 1.165) is 12.1 Å². The average Bonchev–Trinajstić information content (AvgIpc) is 2.75. The lowest BCUT2D eigenvalue weighted by molar-refractivity contribution is -0.119. The minimum atomic E-state index is -1.12. The van der Waals surface area contributed by atoms with Crippen LogP contribution in [0, 0.1) is 11.6 Å². The maximum Gasteiger partial charge on any atom is 0.340 e. The largest absolute Gasteiger partial charge is 0.452 e. The smallest absolute Gasteiger partial charge is 0.340 e. The number of carbonyl (C=O) groups is 3. The van der Waals surface area contributed by atoms with E-state index in [1.807, 2.05) is 0 Å². The van der Waals surface area contributed by atoms with Gasteiger partial charge in [0.25, 0.3) is 11.8 Å². The number of rotatable bonds is 6. The summed E-state index contributed by atoms with van der Waals surface area (Å²) in [5, 5.41) is 4.92. The Labute approximate surface area is 170 Å². The topological polar surface area (TPSA) is 84.5 Å². The second-order valence-electron chi connectivity index (χ2n) is 6.12. The van der Waals surface area contributed by atoms with E-state index < -0.39 is 36.0 Å². The van der Waals surface area contributed by atoms with Crippen LogP contribution in [0.4, 0.5) is 20.2 Å². The SMILES string of the molecule is O=C(COC(=O)c1ccccc1NC(=O)c1ccccc1)Nc1ccc(F)c(F)c1. The fraction of sp³-hybridized carbons (Fsp3) is 0.0455. The quantitative estimate of drug-likeness (QED) is 0.602. The van der Waals surface area contributed by atoms with Crippen molar-refractivity contribution in [3.63, 3.8) is 0 Å². The molecule has 0 saturated carbocycles. The number of para-hydroxylation sites is 1. The summed E-state index contributed by atoms with van der Waals surface area (Å²) in [6.07, 6.45) is 0. The standard InChI is InChI=1S/C22H16F2N2O4/c23-17-11-10-15(12-18(17)24)25-20(27)13-30-22(29)16-8-4-5-9-19(16)26-21(28)14-6-2-1-3-7-14/h1-12H,13H2,(H,25,27)(H,26,28). The molecule has 3 rings (SSSR count). The summed E-state index contributed by atoms with van der Waals surface area (Å²) in [4.78, 5) is 36.6. The Bertz CT molecular complexity index is 1090. The molecule has 0 radical (unpaired) electrons. The molecule has 0 aliphatic rings. The molecule has 0 atom stereocenters. The molecular formula is C22H16F2N2O4. The van der Waals surface area contributed by atoms with Crippen LogP contribution >= 0.6 is 0 Å². The first-order valence-electron chi connectivity index (χ1n) is 8.81. The van der Waals surface area contributed by atoms with Gasteiger partial charge < -0.3 is 15.4 Å². The Morgan fingerprint density at radius 3 is 2.23 bits per heavy atom. The Balaban J connectivity index is 1.62. The molecule has 3 aromatic carbocycles. The van der Waals surface area contributed by atoms with Crippen LogP contribution in [0.15, 0.2) is 72.8 Å². The first kappa shape index (κ1) is 20.7. The van der Waals surface area contributed by atoms with E-state index in [4.69, 9.17) is 4.74 Å². The molecule has 0 bridgehead atoms. The van der Waals surface area contributed by atoms with Crippen molar-refractivity contribution in [2.24, 2.45) is 0 Å². The first-order valence-corrected chi connectivity index (χ1v) is 8.81. The number of anilines is 2. The molecule has 0 fully saturated rings. The van der Waals surface area contributed by atoms with E-state index in [2.05, 4.69) is 10.6 Å². The molecule has 0 unspecified atom stereocenters. The van der Waals surface area contributed by atoms with Gasteiger partial charge in [-0.05, 0) is 36.4 Å².